The fraction of sp³-hybridized carbons (Fsp3) is 0.300. The maximum absolute atomic E-state index is 12.9. The fourth-order valence-corrected chi connectivity index (χ4v) is 3.56. The molecule has 0 atom stereocenters. The summed E-state index contributed by atoms with van der Waals surface area (Å²) >= 11 is 0. The molecule has 0 bridgehead atoms. The van der Waals surface area contributed by atoms with Crippen LogP contribution in [0.5, 0.6) is 0 Å². The first-order valence-corrected chi connectivity index (χ1v) is 8.90. The number of nitrogens with one attached hydrogen (secondary N) is 1. The van der Waals surface area contributed by atoms with Crippen molar-refractivity contribution in [3.8, 4) is 11.1 Å². The second-order valence-electron chi connectivity index (χ2n) is 6.55. The van der Waals surface area contributed by atoms with E-state index in [4.69, 9.17) is 5.73 Å². The fourth-order valence-electron chi connectivity index (χ4n) is 3.56. The maximum Gasteiger partial charge on any atom is 0.416 e. The first-order chi connectivity index (χ1) is 13.2. The number of rotatable bonds is 6. The van der Waals surface area contributed by atoms with Gasteiger partial charge in [0.25, 0.3) is 5.91 Å². The summed E-state index contributed by atoms with van der Waals surface area (Å²) in [6, 6.07) is 4.83. The first-order valence-electron chi connectivity index (χ1n) is 8.90. The van der Waals surface area contributed by atoms with E-state index in [1.807, 2.05) is 11.5 Å². The average molecular weight is 390 g/mol. The van der Waals surface area contributed by atoms with Crippen LogP contribution < -0.4 is 5.73 Å². The molecule has 28 heavy (non-hydrogen) atoms. The zero-order chi connectivity index (χ0) is 20.5. The molecular formula is C20H21F3N4O. The van der Waals surface area contributed by atoms with E-state index in [-0.39, 0.29) is 0 Å². The number of primary amides is 1. The molecule has 3 rings (SSSR count). The summed E-state index contributed by atoms with van der Waals surface area (Å²) in [7, 11) is 0. The summed E-state index contributed by atoms with van der Waals surface area (Å²) in [4.78, 5) is 19.2. The number of carbonyl (C=O) groups is 1. The molecule has 148 valence electrons. The van der Waals surface area contributed by atoms with E-state index in [0.717, 1.165) is 23.5 Å². The molecule has 0 aliphatic carbocycles. The molecule has 0 radical (unpaired) electrons. The summed E-state index contributed by atoms with van der Waals surface area (Å²) < 4.78 is 40.7. The van der Waals surface area contributed by atoms with Crippen molar-refractivity contribution in [1.29, 1.82) is 0 Å². The number of alkyl halides is 3. The summed E-state index contributed by atoms with van der Waals surface area (Å²) in [5.41, 5.74) is 8.92. The number of H-pyrrole nitrogens is 1. The van der Waals surface area contributed by atoms with Gasteiger partial charge in [-0.3, -0.25) is 4.79 Å². The minimum atomic E-state index is -4.41. The molecule has 0 saturated carbocycles. The Morgan fingerprint density at radius 3 is 2.43 bits per heavy atom. The van der Waals surface area contributed by atoms with Crippen LogP contribution in [0.15, 0.2) is 36.8 Å². The number of aryl methyl sites for hydroxylation is 1. The molecule has 0 fully saturated rings. The van der Waals surface area contributed by atoms with Gasteiger partial charge in [-0.1, -0.05) is 19.1 Å². The quantitative estimate of drug-likeness (QED) is 0.665. The van der Waals surface area contributed by atoms with Crippen LogP contribution in [0, 0.1) is 6.92 Å². The number of hydrogen-bond acceptors (Lipinski definition) is 2. The number of benzene rings is 1. The standard InChI is InChI=1S/C20H21F3N4O/c1-3-16-18(13-4-6-14(7-5-13)20(21,22)23)17(19(24)28)12(2)27(16)9-8-15-10-25-11-26-15/h4-7,10-11H,3,8-9H2,1-2H3,(H2,24,28)(H,25,26). The van der Waals surface area contributed by atoms with Gasteiger partial charge < -0.3 is 15.3 Å². The highest BCUT2D eigenvalue weighted by Gasteiger charge is 2.31. The molecular weight excluding hydrogens is 369 g/mol. The van der Waals surface area contributed by atoms with Crippen LogP contribution in [-0.4, -0.2) is 20.4 Å². The number of nitrogens with two attached hydrogens (primary N) is 1. The Labute approximate surface area is 160 Å². The van der Waals surface area contributed by atoms with Crippen LogP contribution in [0.2, 0.25) is 0 Å². The van der Waals surface area contributed by atoms with Crippen molar-refractivity contribution in [3.63, 3.8) is 0 Å². The van der Waals surface area contributed by atoms with E-state index in [1.54, 1.807) is 19.4 Å². The van der Waals surface area contributed by atoms with Crippen LogP contribution in [0.3, 0.4) is 0 Å². The van der Waals surface area contributed by atoms with Gasteiger partial charge in [0.15, 0.2) is 0 Å². The Bertz CT molecular complexity index is 971. The van der Waals surface area contributed by atoms with E-state index >= 15 is 0 Å². The summed E-state index contributed by atoms with van der Waals surface area (Å²) in [6.07, 6.45) is 0.197. The molecule has 2 aromatic heterocycles. The molecule has 1 aromatic carbocycles. The first kappa shape index (κ1) is 19.7. The SMILES string of the molecule is CCc1c(-c2ccc(C(F)(F)F)cc2)c(C(N)=O)c(C)n1CCc1cnc[nH]1. The second-order valence-corrected chi connectivity index (χ2v) is 6.55. The van der Waals surface area contributed by atoms with Crippen LogP contribution in [0.4, 0.5) is 13.2 Å². The van der Waals surface area contributed by atoms with Gasteiger partial charge in [0.2, 0.25) is 0 Å². The monoisotopic (exact) mass is 390 g/mol. The molecule has 0 saturated heterocycles. The molecule has 0 spiro atoms. The minimum Gasteiger partial charge on any atom is -0.366 e. The predicted molar refractivity (Wildman–Crippen MR) is 99.8 cm³/mol. The van der Waals surface area contributed by atoms with Crippen LogP contribution in [0.1, 0.15) is 39.9 Å². The lowest BCUT2D eigenvalue weighted by Gasteiger charge is -2.12. The van der Waals surface area contributed by atoms with E-state index in [9.17, 15) is 18.0 Å². The number of halogens is 3. The molecule has 8 heteroatoms. The predicted octanol–water partition coefficient (Wildman–Crippen LogP) is 4.11. The van der Waals surface area contributed by atoms with Gasteiger partial charge in [-0.15, -0.1) is 0 Å². The lowest BCUT2D eigenvalue weighted by Crippen LogP contribution is -2.14. The topological polar surface area (TPSA) is 76.7 Å². The smallest absolute Gasteiger partial charge is 0.366 e. The number of hydrogen-bond donors (Lipinski definition) is 2. The largest absolute Gasteiger partial charge is 0.416 e. The van der Waals surface area contributed by atoms with Gasteiger partial charge in [0.1, 0.15) is 0 Å². The van der Waals surface area contributed by atoms with E-state index < -0.39 is 17.6 Å². The minimum absolute atomic E-state index is 0.348. The van der Waals surface area contributed by atoms with Crippen molar-refractivity contribution in [2.45, 2.75) is 39.4 Å². The number of aromatic amines is 1. The number of aromatic nitrogens is 3. The molecule has 2 heterocycles. The van der Waals surface area contributed by atoms with E-state index in [1.165, 1.54) is 12.1 Å². The van der Waals surface area contributed by atoms with E-state index in [0.29, 0.717) is 41.8 Å². The van der Waals surface area contributed by atoms with Crippen molar-refractivity contribution in [1.82, 2.24) is 14.5 Å². The Kier molecular flexibility index (Phi) is 5.31. The molecule has 0 aliphatic heterocycles. The van der Waals surface area contributed by atoms with E-state index in [2.05, 4.69) is 9.97 Å². The van der Waals surface area contributed by atoms with Crippen LogP contribution >= 0.6 is 0 Å². The Morgan fingerprint density at radius 2 is 1.93 bits per heavy atom. The number of amides is 1. The molecule has 0 unspecified atom stereocenters. The highest BCUT2D eigenvalue weighted by Crippen LogP contribution is 2.36. The van der Waals surface area contributed by atoms with Crippen molar-refractivity contribution < 1.29 is 18.0 Å². The summed E-state index contributed by atoms with van der Waals surface area (Å²) in [5.74, 6) is -0.595. The molecule has 3 N–H and O–H groups in total. The molecule has 5 nitrogen and oxygen atoms in total. The summed E-state index contributed by atoms with van der Waals surface area (Å²) in [6.45, 7) is 4.34. The highest BCUT2D eigenvalue weighted by molar-refractivity contribution is 6.02. The van der Waals surface area contributed by atoms with Gasteiger partial charge >= 0.3 is 6.18 Å². The van der Waals surface area contributed by atoms with Crippen molar-refractivity contribution in [2.24, 2.45) is 5.73 Å². The lowest BCUT2D eigenvalue weighted by atomic mass is 9.97. The van der Waals surface area contributed by atoms with Crippen molar-refractivity contribution in [3.05, 3.63) is 65.0 Å². The highest BCUT2D eigenvalue weighted by atomic mass is 19.4. The Morgan fingerprint density at radius 1 is 1.25 bits per heavy atom. The van der Waals surface area contributed by atoms with Gasteiger partial charge in [-0.25, -0.2) is 4.98 Å². The van der Waals surface area contributed by atoms with Gasteiger partial charge in [-0.05, 0) is 31.0 Å². The normalized spacial score (nSPS) is 11.8. The maximum atomic E-state index is 12.9. The summed E-state index contributed by atoms with van der Waals surface area (Å²) in [5, 5.41) is 0. The molecule has 0 aliphatic rings. The zero-order valence-electron chi connectivity index (χ0n) is 15.6. The molecule has 3 aromatic rings. The lowest BCUT2D eigenvalue weighted by molar-refractivity contribution is -0.137. The Hall–Kier alpha value is -3.03. The van der Waals surface area contributed by atoms with Gasteiger partial charge in [-0.2, -0.15) is 13.2 Å². The van der Waals surface area contributed by atoms with Gasteiger partial charge in [0.05, 0.1) is 17.5 Å². The third kappa shape index (κ3) is 3.67. The number of imidazole rings is 1. The third-order valence-electron chi connectivity index (χ3n) is 4.87. The van der Waals surface area contributed by atoms with Crippen molar-refractivity contribution >= 4 is 5.91 Å². The second kappa shape index (κ2) is 7.53. The Balaban J connectivity index is 2.08. The van der Waals surface area contributed by atoms with Gasteiger partial charge in [0, 0.05) is 41.8 Å². The van der Waals surface area contributed by atoms with Crippen molar-refractivity contribution in [2.75, 3.05) is 0 Å². The molecule has 1 amide bonds. The number of carbonyl (C=O) groups excluding carboxylic acids is 1. The van der Waals surface area contributed by atoms with Crippen LogP contribution in [0.25, 0.3) is 11.1 Å². The number of nitrogens with zero attached hydrogens (tertiary/aromatic N) is 2. The third-order valence-corrected chi connectivity index (χ3v) is 4.87. The zero-order valence-corrected chi connectivity index (χ0v) is 15.6. The van der Waals surface area contributed by atoms with Crippen LogP contribution in [-0.2, 0) is 25.6 Å². The average Bonchev–Trinajstić information content (AvgIpc) is 3.25.